The van der Waals surface area contributed by atoms with E-state index in [0.717, 1.165) is 38.3 Å². The SMILES string of the molecule is CC(C)C(CCCCCC(=O)C1CNCCO1)NCc1cccc(C(F)(F)F)c1. The summed E-state index contributed by atoms with van der Waals surface area (Å²) in [5, 5.41) is 6.57. The molecule has 4 nitrogen and oxygen atoms in total. The van der Waals surface area contributed by atoms with Gasteiger partial charge in [-0.2, -0.15) is 13.2 Å². The van der Waals surface area contributed by atoms with Crippen LogP contribution in [0.4, 0.5) is 13.2 Å². The van der Waals surface area contributed by atoms with Gasteiger partial charge >= 0.3 is 6.18 Å². The molecule has 1 aromatic carbocycles. The van der Waals surface area contributed by atoms with Crippen molar-refractivity contribution in [1.29, 1.82) is 0 Å². The number of hydrogen-bond acceptors (Lipinski definition) is 4. The maximum atomic E-state index is 12.9. The molecular weight excluding hydrogens is 381 g/mol. The summed E-state index contributed by atoms with van der Waals surface area (Å²) in [5.74, 6) is 0.546. The van der Waals surface area contributed by atoms with Gasteiger partial charge in [-0.15, -0.1) is 0 Å². The van der Waals surface area contributed by atoms with E-state index in [1.807, 2.05) is 0 Å². The molecule has 2 unspecified atom stereocenters. The fourth-order valence-electron chi connectivity index (χ4n) is 3.55. The number of alkyl halides is 3. The van der Waals surface area contributed by atoms with Crippen LogP contribution >= 0.6 is 0 Å². The van der Waals surface area contributed by atoms with Crippen LogP contribution in [0.15, 0.2) is 24.3 Å². The second-order valence-corrected chi connectivity index (χ2v) is 8.06. The van der Waals surface area contributed by atoms with Gasteiger partial charge in [-0.3, -0.25) is 4.79 Å². The Hall–Kier alpha value is -1.44. The van der Waals surface area contributed by atoms with Crippen LogP contribution in [0, 0.1) is 5.92 Å². The lowest BCUT2D eigenvalue weighted by Crippen LogP contribution is -2.43. The third-order valence-corrected chi connectivity index (χ3v) is 5.35. The van der Waals surface area contributed by atoms with E-state index in [2.05, 4.69) is 24.5 Å². The lowest BCUT2D eigenvalue weighted by molar-refractivity contribution is -0.137. The number of rotatable bonds is 11. The molecule has 0 bridgehead atoms. The molecule has 1 aliphatic heterocycles. The molecule has 1 aromatic rings. The highest BCUT2D eigenvalue weighted by Crippen LogP contribution is 2.29. The fraction of sp³-hybridized carbons (Fsp3) is 0.682. The molecule has 1 fully saturated rings. The minimum atomic E-state index is -4.32. The Morgan fingerprint density at radius 3 is 2.72 bits per heavy atom. The maximum absolute atomic E-state index is 12.9. The smallest absolute Gasteiger partial charge is 0.368 e. The summed E-state index contributed by atoms with van der Waals surface area (Å²) >= 11 is 0. The predicted molar refractivity (Wildman–Crippen MR) is 108 cm³/mol. The largest absolute Gasteiger partial charge is 0.416 e. The quantitative estimate of drug-likeness (QED) is 0.530. The average Bonchev–Trinajstić information content (AvgIpc) is 2.69. The van der Waals surface area contributed by atoms with E-state index in [1.54, 1.807) is 6.07 Å². The molecule has 2 atom stereocenters. The van der Waals surface area contributed by atoms with Crippen LogP contribution in [0.1, 0.15) is 57.1 Å². The molecule has 0 aromatic heterocycles. The highest BCUT2D eigenvalue weighted by molar-refractivity contribution is 5.83. The highest BCUT2D eigenvalue weighted by atomic mass is 19.4. The van der Waals surface area contributed by atoms with E-state index < -0.39 is 11.7 Å². The van der Waals surface area contributed by atoms with Gasteiger partial charge in [0.05, 0.1) is 12.2 Å². The molecule has 1 saturated heterocycles. The highest BCUT2D eigenvalue weighted by Gasteiger charge is 2.30. The van der Waals surface area contributed by atoms with E-state index >= 15 is 0 Å². The van der Waals surface area contributed by atoms with E-state index in [0.29, 0.717) is 37.6 Å². The number of unbranched alkanes of at least 4 members (excludes halogenated alkanes) is 2. The zero-order valence-corrected chi connectivity index (χ0v) is 17.4. The van der Waals surface area contributed by atoms with Gasteiger partial charge in [0, 0.05) is 32.1 Å². The summed E-state index contributed by atoms with van der Waals surface area (Å²) in [4.78, 5) is 12.1. The summed E-state index contributed by atoms with van der Waals surface area (Å²) < 4.78 is 44.0. The number of morpholine rings is 1. The lowest BCUT2D eigenvalue weighted by atomic mass is 9.96. The average molecular weight is 415 g/mol. The second kappa shape index (κ2) is 11.7. The monoisotopic (exact) mass is 414 g/mol. The Bertz CT molecular complexity index is 629. The van der Waals surface area contributed by atoms with Gasteiger partial charge in [0.1, 0.15) is 6.10 Å². The van der Waals surface area contributed by atoms with E-state index in [9.17, 15) is 18.0 Å². The zero-order valence-electron chi connectivity index (χ0n) is 17.4. The fourth-order valence-corrected chi connectivity index (χ4v) is 3.55. The first-order valence-electron chi connectivity index (χ1n) is 10.5. The summed E-state index contributed by atoms with van der Waals surface area (Å²) in [7, 11) is 0. The Balaban J connectivity index is 1.70. The van der Waals surface area contributed by atoms with E-state index in [1.165, 1.54) is 12.1 Å². The van der Waals surface area contributed by atoms with Crippen molar-refractivity contribution in [3.63, 3.8) is 0 Å². The molecule has 1 aliphatic rings. The molecule has 1 heterocycles. The number of halogens is 3. The van der Waals surface area contributed by atoms with Crippen LogP contribution in [-0.4, -0.2) is 37.6 Å². The topological polar surface area (TPSA) is 50.4 Å². The standard InChI is InChI=1S/C22H33F3N2O2/c1-16(2)19(27-14-17-7-6-8-18(13-17)22(23,24)25)9-4-3-5-10-20(28)21-15-26-11-12-29-21/h6-8,13,16,19,21,26-27H,3-5,9-12,14-15H2,1-2H3. The predicted octanol–water partition coefficient (Wildman–Crippen LogP) is 4.33. The lowest BCUT2D eigenvalue weighted by Gasteiger charge is -2.23. The Morgan fingerprint density at radius 2 is 2.07 bits per heavy atom. The van der Waals surface area contributed by atoms with Crippen molar-refractivity contribution in [2.75, 3.05) is 19.7 Å². The number of ketones is 1. The molecule has 29 heavy (non-hydrogen) atoms. The summed E-state index contributed by atoms with van der Waals surface area (Å²) in [6, 6.07) is 5.70. The van der Waals surface area contributed by atoms with Gasteiger partial charge in [0.15, 0.2) is 5.78 Å². The zero-order chi connectivity index (χ0) is 21.3. The Morgan fingerprint density at radius 1 is 1.28 bits per heavy atom. The van der Waals surface area contributed by atoms with Crippen molar-refractivity contribution >= 4 is 5.78 Å². The van der Waals surface area contributed by atoms with Gasteiger partial charge in [0.2, 0.25) is 0 Å². The van der Waals surface area contributed by atoms with Crippen molar-refractivity contribution in [2.45, 2.75) is 70.8 Å². The summed E-state index contributed by atoms with van der Waals surface area (Å²) in [6.45, 7) is 6.63. The number of nitrogens with one attached hydrogen (secondary N) is 2. The van der Waals surface area contributed by atoms with Gasteiger partial charge in [-0.25, -0.2) is 0 Å². The molecule has 0 saturated carbocycles. The van der Waals surface area contributed by atoms with Gasteiger partial charge < -0.3 is 15.4 Å². The molecular formula is C22H33F3N2O2. The summed E-state index contributed by atoms with van der Waals surface area (Å²) in [6.07, 6.45) is -0.361. The van der Waals surface area contributed by atoms with Crippen molar-refractivity contribution in [3.8, 4) is 0 Å². The second-order valence-electron chi connectivity index (χ2n) is 8.06. The first-order chi connectivity index (χ1) is 13.8. The van der Waals surface area contributed by atoms with Crippen molar-refractivity contribution in [2.24, 2.45) is 5.92 Å². The molecule has 0 spiro atoms. The minimum Gasteiger partial charge on any atom is -0.368 e. The molecule has 164 valence electrons. The van der Waals surface area contributed by atoms with Gasteiger partial charge in [-0.05, 0) is 30.4 Å². The molecule has 7 heteroatoms. The molecule has 0 amide bonds. The number of carbonyl (C=O) groups is 1. The normalized spacial score (nSPS) is 18.8. The number of carbonyl (C=O) groups excluding carboxylic acids is 1. The van der Waals surface area contributed by atoms with Crippen molar-refractivity contribution in [3.05, 3.63) is 35.4 Å². The van der Waals surface area contributed by atoms with Crippen LogP contribution in [0.3, 0.4) is 0 Å². The van der Waals surface area contributed by atoms with Gasteiger partial charge in [0.25, 0.3) is 0 Å². The van der Waals surface area contributed by atoms with Gasteiger partial charge in [-0.1, -0.05) is 44.9 Å². The molecule has 0 aliphatic carbocycles. The van der Waals surface area contributed by atoms with Crippen LogP contribution < -0.4 is 10.6 Å². The third-order valence-electron chi connectivity index (χ3n) is 5.35. The first-order valence-corrected chi connectivity index (χ1v) is 10.5. The maximum Gasteiger partial charge on any atom is 0.416 e. The molecule has 2 N–H and O–H groups in total. The minimum absolute atomic E-state index is 0.167. The molecule has 0 radical (unpaired) electrons. The van der Waals surface area contributed by atoms with E-state index in [4.69, 9.17) is 4.74 Å². The Labute approximate surface area is 171 Å². The van der Waals surface area contributed by atoms with Crippen LogP contribution in [0.5, 0.6) is 0 Å². The van der Waals surface area contributed by atoms with Crippen LogP contribution in [0.25, 0.3) is 0 Å². The van der Waals surface area contributed by atoms with Crippen molar-refractivity contribution in [1.82, 2.24) is 10.6 Å². The van der Waals surface area contributed by atoms with Crippen molar-refractivity contribution < 1.29 is 22.7 Å². The number of Topliss-reactive ketones (excluding diaryl/α,β-unsaturated/α-hetero) is 1. The molecule has 2 rings (SSSR count). The number of ether oxygens (including phenoxy) is 1. The number of benzene rings is 1. The summed E-state index contributed by atoms with van der Waals surface area (Å²) in [5.41, 5.74) is 0.0249. The van der Waals surface area contributed by atoms with Crippen LogP contribution in [-0.2, 0) is 22.3 Å². The Kier molecular flexibility index (Phi) is 9.59. The third kappa shape index (κ3) is 8.44. The van der Waals surface area contributed by atoms with Crippen LogP contribution in [0.2, 0.25) is 0 Å². The van der Waals surface area contributed by atoms with E-state index in [-0.39, 0.29) is 17.9 Å². The first kappa shape index (κ1) is 23.8. The number of hydrogen-bond donors (Lipinski definition) is 2.